The predicted molar refractivity (Wildman–Crippen MR) is 79.2 cm³/mol. The first-order valence-corrected chi connectivity index (χ1v) is 8.36. The van der Waals surface area contributed by atoms with E-state index in [1.165, 1.54) is 13.2 Å². The number of ether oxygens (including phenoxy) is 1. The van der Waals surface area contributed by atoms with Gasteiger partial charge in [0.2, 0.25) is 10.0 Å². The molecule has 2 rings (SSSR count). The summed E-state index contributed by atoms with van der Waals surface area (Å²) in [4.78, 5) is 0.198. The maximum Gasteiger partial charge on any atom is 0.246 e. The van der Waals surface area contributed by atoms with Crippen molar-refractivity contribution in [1.82, 2.24) is 4.31 Å². The summed E-state index contributed by atoms with van der Waals surface area (Å²) in [5.41, 5.74) is 6.17. The van der Waals surface area contributed by atoms with Crippen LogP contribution in [0, 0.1) is 5.92 Å². The largest absolute Gasteiger partial charge is 0.495 e. The molecule has 0 unspecified atom stereocenters. The van der Waals surface area contributed by atoms with Crippen LogP contribution in [0.2, 0.25) is 0 Å². The van der Waals surface area contributed by atoms with Gasteiger partial charge in [0.1, 0.15) is 10.6 Å². The van der Waals surface area contributed by atoms with Crippen molar-refractivity contribution in [2.24, 2.45) is 5.92 Å². The molecule has 1 saturated carbocycles. The third-order valence-corrected chi connectivity index (χ3v) is 5.34. The van der Waals surface area contributed by atoms with Crippen LogP contribution in [0.1, 0.15) is 26.2 Å². The Morgan fingerprint density at radius 3 is 2.65 bits per heavy atom. The van der Waals surface area contributed by atoms with E-state index in [-0.39, 0.29) is 4.90 Å². The molecule has 1 aliphatic rings. The van der Waals surface area contributed by atoms with Crippen molar-refractivity contribution in [2.45, 2.75) is 31.1 Å². The number of nitrogens with zero attached hydrogens (tertiary/aromatic N) is 1. The summed E-state index contributed by atoms with van der Waals surface area (Å²) in [5, 5.41) is 0. The molecule has 20 heavy (non-hydrogen) atoms. The molecule has 0 bridgehead atoms. The van der Waals surface area contributed by atoms with Crippen LogP contribution in [0.25, 0.3) is 0 Å². The highest BCUT2D eigenvalue weighted by Gasteiger charge is 2.32. The number of nitrogen functional groups attached to an aromatic ring is 1. The lowest BCUT2D eigenvalue weighted by atomic mass is 10.3. The number of rotatable bonds is 7. The van der Waals surface area contributed by atoms with Crippen LogP contribution < -0.4 is 10.5 Å². The van der Waals surface area contributed by atoms with Gasteiger partial charge in [0.05, 0.1) is 7.11 Å². The minimum atomic E-state index is -3.53. The fourth-order valence-corrected chi connectivity index (χ4v) is 3.93. The molecule has 0 heterocycles. The second-order valence-electron chi connectivity index (χ2n) is 5.22. The van der Waals surface area contributed by atoms with Crippen molar-refractivity contribution < 1.29 is 13.2 Å². The molecule has 0 spiro atoms. The average Bonchev–Trinajstić information content (AvgIpc) is 3.21. The predicted octanol–water partition coefficient (Wildman–Crippen LogP) is 2.09. The summed E-state index contributed by atoms with van der Waals surface area (Å²) in [6, 6.07) is 4.67. The Bertz CT molecular complexity index is 568. The van der Waals surface area contributed by atoms with Gasteiger partial charge in [-0.15, -0.1) is 0 Å². The Kier molecular flexibility index (Phi) is 4.55. The number of sulfonamides is 1. The molecule has 1 aliphatic carbocycles. The van der Waals surface area contributed by atoms with Crippen LogP contribution in [0.4, 0.5) is 5.69 Å². The average molecular weight is 298 g/mol. The SMILES string of the molecule is CCCN(CC1CC1)S(=O)(=O)c1ccc(N)cc1OC. The molecule has 5 nitrogen and oxygen atoms in total. The summed E-state index contributed by atoms with van der Waals surface area (Å²) in [7, 11) is -2.07. The normalized spacial score (nSPS) is 15.6. The summed E-state index contributed by atoms with van der Waals surface area (Å²) in [6.45, 7) is 3.12. The highest BCUT2D eigenvalue weighted by atomic mass is 32.2. The molecular weight excluding hydrogens is 276 g/mol. The molecule has 1 aromatic rings. The van der Waals surface area contributed by atoms with Crippen LogP contribution in [-0.4, -0.2) is 32.9 Å². The van der Waals surface area contributed by atoms with Gasteiger partial charge >= 0.3 is 0 Å². The van der Waals surface area contributed by atoms with Crippen molar-refractivity contribution in [1.29, 1.82) is 0 Å². The van der Waals surface area contributed by atoms with Crippen LogP contribution in [-0.2, 0) is 10.0 Å². The zero-order valence-corrected chi connectivity index (χ0v) is 12.8. The quantitative estimate of drug-likeness (QED) is 0.782. The standard InChI is InChI=1S/C14H22N2O3S/c1-3-8-16(10-11-4-5-11)20(17,18)14-7-6-12(15)9-13(14)19-2/h6-7,9,11H,3-5,8,10,15H2,1-2H3. The Labute approximate surface area is 120 Å². The van der Waals surface area contributed by atoms with Crippen molar-refractivity contribution in [3.8, 4) is 5.75 Å². The molecule has 112 valence electrons. The molecule has 1 fully saturated rings. The fourth-order valence-electron chi connectivity index (χ4n) is 2.18. The van der Waals surface area contributed by atoms with Crippen molar-refractivity contribution in [2.75, 3.05) is 25.9 Å². The topological polar surface area (TPSA) is 72.6 Å². The number of nitrogens with two attached hydrogens (primary N) is 1. The first kappa shape index (κ1) is 15.1. The molecule has 0 amide bonds. The highest BCUT2D eigenvalue weighted by Crippen LogP contribution is 2.34. The lowest BCUT2D eigenvalue weighted by molar-refractivity contribution is 0.381. The Hall–Kier alpha value is -1.27. The van der Waals surface area contributed by atoms with E-state index in [2.05, 4.69) is 0 Å². The van der Waals surface area contributed by atoms with E-state index in [4.69, 9.17) is 10.5 Å². The Balaban J connectivity index is 2.35. The van der Waals surface area contributed by atoms with E-state index in [0.29, 0.717) is 30.4 Å². The maximum absolute atomic E-state index is 12.8. The van der Waals surface area contributed by atoms with Crippen molar-refractivity contribution in [3.05, 3.63) is 18.2 Å². The van der Waals surface area contributed by atoms with Crippen LogP contribution in [0.3, 0.4) is 0 Å². The molecular formula is C14H22N2O3S. The van der Waals surface area contributed by atoms with E-state index < -0.39 is 10.0 Å². The monoisotopic (exact) mass is 298 g/mol. The van der Waals surface area contributed by atoms with Crippen LogP contribution >= 0.6 is 0 Å². The minimum absolute atomic E-state index is 0.198. The molecule has 2 N–H and O–H groups in total. The van der Waals surface area contributed by atoms with Gasteiger partial charge < -0.3 is 10.5 Å². The lowest BCUT2D eigenvalue weighted by Gasteiger charge is -2.22. The van der Waals surface area contributed by atoms with E-state index in [1.54, 1.807) is 16.4 Å². The lowest BCUT2D eigenvalue weighted by Crippen LogP contribution is -2.34. The minimum Gasteiger partial charge on any atom is -0.495 e. The Morgan fingerprint density at radius 1 is 1.40 bits per heavy atom. The smallest absolute Gasteiger partial charge is 0.246 e. The zero-order valence-electron chi connectivity index (χ0n) is 12.0. The first-order chi connectivity index (χ1) is 9.48. The van der Waals surface area contributed by atoms with Gasteiger partial charge in [-0.25, -0.2) is 8.42 Å². The van der Waals surface area contributed by atoms with E-state index in [9.17, 15) is 8.42 Å². The van der Waals surface area contributed by atoms with E-state index >= 15 is 0 Å². The summed E-state index contributed by atoms with van der Waals surface area (Å²) in [5.74, 6) is 0.818. The van der Waals surface area contributed by atoms with Gasteiger partial charge in [0.15, 0.2) is 0 Å². The second-order valence-corrected chi connectivity index (χ2v) is 7.12. The number of benzene rings is 1. The van der Waals surface area contributed by atoms with Gasteiger partial charge in [-0.2, -0.15) is 4.31 Å². The molecule has 0 radical (unpaired) electrons. The molecule has 0 aromatic heterocycles. The molecule has 0 saturated heterocycles. The first-order valence-electron chi connectivity index (χ1n) is 6.92. The summed E-state index contributed by atoms with van der Waals surface area (Å²) >= 11 is 0. The van der Waals surface area contributed by atoms with Crippen molar-refractivity contribution >= 4 is 15.7 Å². The number of anilines is 1. The Morgan fingerprint density at radius 2 is 2.10 bits per heavy atom. The van der Waals surface area contributed by atoms with Gasteiger partial charge in [-0.3, -0.25) is 0 Å². The number of hydrogen-bond donors (Lipinski definition) is 1. The van der Waals surface area contributed by atoms with E-state index in [1.807, 2.05) is 6.92 Å². The van der Waals surface area contributed by atoms with Crippen LogP contribution in [0.5, 0.6) is 5.75 Å². The fraction of sp³-hybridized carbons (Fsp3) is 0.571. The maximum atomic E-state index is 12.8. The van der Waals surface area contributed by atoms with Gasteiger partial charge in [0, 0.05) is 24.8 Å². The highest BCUT2D eigenvalue weighted by molar-refractivity contribution is 7.89. The second kappa shape index (κ2) is 6.01. The van der Waals surface area contributed by atoms with E-state index in [0.717, 1.165) is 19.3 Å². The summed E-state index contributed by atoms with van der Waals surface area (Å²) < 4.78 is 32.3. The third kappa shape index (κ3) is 3.24. The molecule has 1 aromatic carbocycles. The van der Waals surface area contributed by atoms with Crippen molar-refractivity contribution in [3.63, 3.8) is 0 Å². The van der Waals surface area contributed by atoms with Crippen LogP contribution in [0.15, 0.2) is 23.1 Å². The molecule has 0 aliphatic heterocycles. The zero-order chi connectivity index (χ0) is 14.8. The molecule has 0 atom stereocenters. The number of hydrogen-bond acceptors (Lipinski definition) is 4. The van der Waals surface area contributed by atoms with Gasteiger partial charge in [0.25, 0.3) is 0 Å². The summed E-state index contributed by atoms with van der Waals surface area (Å²) in [6.07, 6.45) is 3.03. The third-order valence-electron chi connectivity index (χ3n) is 3.44. The van der Waals surface area contributed by atoms with Gasteiger partial charge in [-0.1, -0.05) is 6.92 Å². The van der Waals surface area contributed by atoms with Gasteiger partial charge in [-0.05, 0) is 37.3 Å². The molecule has 6 heteroatoms. The number of methoxy groups -OCH3 is 1.